The quantitative estimate of drug-likeness (QED) is 0.176. The van der Waals surface area contributed by atoms with Gasteiger partial charge in [-0.05, 0) is 42.6 Å². The fraction of sp³-hybridized carbons (Fsp3) is 0.139. The van der Waals surface area contributed by atoms with E-state index in [-0.39, 0.29) is 24.5 Å². The van der Waals surface area contributed by atoms with E-state index in [9.17, 15) is 14.0 Å². The largest absolute Gasteiger partial charge is 0.489 e. The summed E-state index contributed by atoms with van der Waals surface area (Å²) in [4.78, 5) is 34.1. The molecule has 0 N–H and O–H groups in total. The first-order valence-electron chi connectivity index (χ1n) is 14.8. The van der Waals surface area contributed by atoms with Gasteiger partial charge in [-0.2, -0.15) is 0 Å². The average Bonchev–Trinajstić information content (AvgIpc) is 3.81. The van der Waals surface area contributed by atoms with Crippen LogP contribution in [0.2, 0.25) is 0 Å². The predicted molar refractivity (Wildman–Crippen MR) is 179 cm³/mol. The minimum atomic E-state index is -0.690. The van der Waals surface area contributed by atoms with Crippen LogP contribution in [0.15, 0.2) is 118 Å². The number of esters is 1. The highest BCUT2D eigenvalue weighted by molar-refractivity contribution is 7.10. The first kappa shape index (κ1) is 29.6. The van der Waals surface area contributed by atoms with Crippen molar-refractivity contribution in [3.8, 4) is 5.75 Å². The number of halogens is 1. The smallest absolute Gasteiger partial charge is 0.338 e. The molecule has 1 unspecified atom stereocenters. The lowest BCUT2D eigenvalue weighted by Gasteiger charge is -2.24. The molecule has 1 aliphatic rings. The summed E-state index contributed by atoms with van der Waals surface area (Å²) < 4.78 is 29.5. The van der Waals surface area contributed by atoms with E-state index in [2.05, 4.69) is 0 Å². The molecule has 0 amide bonds. The lowest BCUT2D eigenvalue weighted by molar-refractivity contribution is -0.138. The maximum absolute atomic E-state index is 14.2. The lowest BCUT2D eigenvalue weighted by Crippen LogP contribution is -2.39. The molecule has 0 bridgehead atoms. The maximum atomic E-state index is 14.2. The van der Waals surface area contributed by atoms with Gasteiger partial charge in [-0.3, -0.25) is 9.36 Å². The van der Waals surface area contributed by atoms with Crippen molar-refractivity contribution in [2.75, 3.05) is 13.2 Å². The van der Waals surface area contributed by atoms with Crippen molar-refractivity contribution in [1.29, 1.82) is 0 Å². The van der Waals surface area contributed by atoms with Crippen LogP contribution in [-0.2, 0) is 16.1 Å². The molecule has 0 saturated heterocycles. The summed E-state index contributed by atoms with van der Waals surface area (Å²) in [7, 11) is 0. The minimum absolute atomic E-state index is 0.196. The predicted octanol–water partition coefficient (Wildman–Crippen LogP) is 6.17. The number of nitrogens with zero attached hydrogens (tertiary/aromatic N) is 3. The fourth-order valence-corrected chi connectivity index (χ4v) is 7.50. The summed E-state index contributed by atoms with van der Waals surface area (Å²) in [6.45, 7) is 2.70. The van der Waals surface area contributed by atoms with Crippen molar-refractivity contribution in [2.24, 2.45) is 4.99 Å². The molecule has 3 aromatic carbocycles. The van der Waals surface area contributed by atoms with Crippen LogP contribution in [-0.4, -0.2) is 28.3 Å². The Hall–Kier alpha value is -5.06. The standard InChI is InChI=1S/C36H28FN3O4S2/c1-2-43-35(42)31-32(23-11-4-3-5-12-23)38-36-40(33(31)29-17-10-20-45-29)34(41)30(46-36)21-24-22-39(27-15-8-6-13-25(24)27)18-19-44-28-16-9-7-14-26(28)37/h3-17,20-22,33H,2,18-19H2,1H3. The third kappa shape index (κ3) is 5.50. The van der Waals surface area contributed by atoms with Crippen molar-refractivity contribution in [2.45, 2.75) is 19.5 Å². The first-order chi connectivity index (χ1) is 22.5. The van der Waals surface area contributed by atoms with Crippen LogP contribution in [0.5, 0.6) is 5.75 Å². The number of benzene rings is 3. The number of para-hydroxylation sites is 2. The number of hydrogen-bond acceptors (Lipinski definition) is 7. The molecule has 0 aliphatic carbocycles. The van der Waals surface area contributed by atoms with Gasteiger partial charge in [-0.1, -0.05) is 78.1 Å². The summed E-state index contributed by atoms with van der Waals surface area (Å²) >= 11 is 2.76. The van der Waals surface area contributed by atoms with E-state index in [1.165, 1.54) is 28.7 Å². The molecular formula is C36H28FN3O4S2. The van der Waals surface area contributed by atoms with Gasteiger partial charge in [0.25, 0.3) is 5.56 Å². The Balaban J connectivity index is 1.35. The molecular weight excluding hydrogens is 622 g/mol. The summed E-state index contributed by atoms with van der Waals surface area (Å²) in [6, 6.07) is 26.9. The lowest BCUT2D eigenvalue weighted by atomic mass is 9.97. The van der Waals surface area contributed by atoms with Gasteiger partial charge in [-0.15, -0.1) is 11.3 Å². The zero-order valence-electron chi connectivity index (χ0n) is 24.8. The topological polar surface area (TPSA) is 74.8 Å². The summed E-state index contributed by atoms with van der Waals surface area (Å²) in [5, 5.41) is 2.90. The Morgan fingerprint density at radius 3 is 2.57 bits per heavy atom. The zero-order chi connectivity index (χ0) is 31.6. The molecule has 4 heterocycles. The van der Waals surface area contributed by atoms with Crippen LogP contribution in [0.1, 0.15) is 29.0 Å². The van der Waals surface area contributed by atoms with Gasteiger partial charge in [0.15, 0.2) is 16.4 Å². The van der Waals surface area contributed by atoms with Crippen molar-refractivity contribution in [3.63, 3.8) is 0 Å². The van der Waals surface area contributed by atoms with E-state index in [1.54, 1.807) is 29.7 Å². The summed E-state index contributed by atoms with van der Waals surface area (Å²) in [5.41, 5.74) is 3.18. The van der Waals surface area contributed by atoms with Gasteiger partial charge in [0.2, 0.25) is 0 Å². The fourth-order valence-electron chi connectivity index (χ4n) is 5.69. The number of rotatable bonds is 9. The number of fused-ring (bicyclic) bond motifs is 2. The van der Waals surface area contributed by atoms with E-state index in [0.29, 0.717) is 27.1 Å². The van der Waals surface area contributed by atoms with Crippen LogP contribution < -0.4 is 19.6 Å². The van der Waals surface area contributed by atoms with Crippen molar-refractivity contribution >= 4 is 51.3 Å². The summed E-state index contributed by atoms with van der Waals surface area (Å²) in [5.74, 6) is -0.700. The van der Waals surface area contributed by atoms with Gasteiger partial charge < -0.3 is 14.0 Å². The number of hydrogen-bond donors (Lipinski definition) is 0. The second kappa shape index (κ2) is 12.7. The number of thiophene rings is 1. The van der Waals surface area contributed by atoms with E-state index in [4.69, 9.17) is 14.5 Å². The Morgan fingerprint density at radius 2 is 1.78 bits per heavy atom. The van der Waals surface area contributed by atoms with E-state index >= 15 is 0 Å². The van der Waals surface area contributed by atoms with Gasteiger partial charge in [0, 0.05) is 33.1 Å². The molecule has 7 rings (SSSR count). The zero-order valence-corrected chi connectivity index (χ0v) is 26.4. The average molecular weight is 650 g/mol. The normalized spacial score (nSPS) is 14.7. The molecule has 10 heteroatoms. The molecule has 3 aromatic heterocycles. The molecule has 0 saturated carbocycles. The summed E-state index contributed by atoms with van der Waals surface area (Å²) in [6.07, 6.45) is 3.85. The minimum Gasteiger partial charge on any atom is -0.489 e. The highest BCUT2D eigenvalue weighted by atomic mass is 32.1. The van der Waals surface area contributed by atoms with E-state index < -0.39 is 17.8 Å². The van der Waals surface area contributed by atoms with Crippen molar-refractivity contribution in [1.82, 2.24) is 9.13 Å². The highest BCUT2D eigenvalue weighted by Crippen LogP contribution is 2.37. The van der Waals surface area contributed by atoms with Gasteiger partial charge in [-0.25, -0.2) is 14.2 Å². The molecule has 0 spiro atoms. The molecule has 46 heavy (non-hydrogen) atoms. The molecule has 0 fully saturated rings. The number of aromatic nitrogens is 2. The first-order valence-corrected chi connectivity index (χ1v) is 16.5. The Labute approximate surface area is 271 Å². The maximum Gasteiger partial charge on any atom is 0.338 e. The molecule has 7 nitrogen and oxygen atoms in total. The number of thiazole rings is 1. The number of carbonyl (C=O) groups excluding carboxylic acids is 1. The Kier molecular flexibility index (Phi) is 8.21. The Bertz CT molecular complexity index is 2270. The molecule has 0 radical (unpaired) electrons. The van der Waals surface area contributed by atoms with Crippen molar-refractivity contribution < 1.29 is 18.7 Å². The number of carbonyl (C=O) groups is 1. The Morgan fingerprint density at radius 1 is 1.00 bits per heavy atom. The molecule has 230 valence electrons. The second-order valence-electron chi connectivity index (χ2n) is 10.5. The highest BCUT2D eigenvalue weighted by Gasteiger charge is 2.35. The van der Waals surface area contributed by atoms with Crippen LogP contribution in [0.3, 0.4) is 0 Å². The molecule has 1 atom stereocenters. The molecule has 1 aliphatic heterocycles. The monoisotopic (exact) mass is 649 g/mol. The molecule has 6 aromatic rings. The SMILES string of the molecule is CCOC(=O)C1=C(c2ccccc2)N=c2sc(=Cc3cn(CCOc4ccccc4F)c4ccccc34)c(=O)n2C1c1cccs1. The van der Waals surface area contributed by atoms with E-state index in [1.807, 2.05) is 89.0 Å². The second-order valence-corrected chi connectivity index (χ2v) is 12.5. The van der Waals surface area contributed by atoms with Gasteiger partial charge >= 0.3 is 5.97 Å². The van der Waals surface area contributed by atoms with Gasteiger partial charge in [0.05, 0.1) is 29.0 Å². The van der Waals surface area contributed by atoms with Crippen LogP contribution >= 0.6 is 22.7 Å². The van der Waals surface area contributed by atoms with Gasteiger partial charge in [0.1, 0.15) is 12.6 Å². The van der Waals surface area contributed by atoms with Crippen molar-refractivity contribution in [3.05, 3.63) is 150 Å². The number of ether oxygens (including phenoxy) is 2. The van der Waals surface area contributed by atoms with Crippen LogP contribution in [0.25, 0.3) is 22.7 Å². The van der Waals surface area contributed by atoms with E-state index in [0.717, 1.165) is 26.9 Å². The van der Waals surface area contributed by atoms with Crippen LogP contribution in [0.4, 0.5) is 4.39 Å². The van der Waals surface area contributed by atoms with Crippen LogP contribution in [0, 0.1) is 5.82 Å². The third-order valence-corrected chi connectivity index (χ3v) is 9.63. The third-order valence-electron chi connectivity index (χ3n) is 7.72.